The lowest BCUT2D eigenvalue weighted by atomic mass is 9.96. The number of anilines is 1. The van der Waals surface area contributed by atoms with Crippen LogP contribution in [0.25, 0.3) is 0 Å². The summed E-state index contributed by atoms with van der Waals surface area (Å²) in [6, 6.07) is 8.72. The van der Waals surface area contributed by atoms with Gasteiger partial charge < -0.3 is 20.0 Å². The third kappa shape index (κ3) is 5.41. The van der Waals surface area contributed by atoms with Crippen molar-refractivity contribution in [2.24, 2.45) is 0 Å². The Kier molecular flexibility index (Phi) is 7.89. The zero-order valence-electron chi connectivity index (χ0n) is 19.2. The normalized spacial score (nSPS) is 28.1. The molecule has 2 saturated heterocycles. The Bertz CT molecular complexity index is 720. The lowest BCUT2D eigenvalue weighted by molar-refractivity contribution is -1.02. The van der Waals surface area contributed by atoms with Crippen LogP contribution < -0.4 is 15.1 Å². The minimum atomic E-state index is -0.000178. The molecule has 2 amide bonds. The first kappa shape index (κ1) is 22.8. The molecule has 1 aromatic rings. The summed E-state index contributed by atoms with van der Waals surface area (Å²) >= 11 is 0. The highest BCUT2D eigenvalue weighted by atomic mass is 16.2. The zero-order chi connectivity index (χ0) is 21.7. The van der Waals surface area contributed by atoms with E-state index in [-0.39, 0.29) is 11.9 Å². The fourth-order valence-electron chi connectivity index (χ4n) is 5.16. The van der Waals surface area contributed by atoms with E-state index in [2.05, 4.69) is 44.0 Å². The molecule has 1 aromatic carbocycles. The van der Waals surface area contributed by atoms with Gasteiger partial charge in [0.25, 0.3) is 11.8 Å². The Morgan fingerprint density at radius 1 is 1.10 bits per heavy atom. The molecule has 2 aliphatic rings. The molecule has 0 aromatic heterocycles. The van der Waals surface area contributed by atoms with Gasteiger partial charge >= 0.3 is 0 Å². The zero-order valence-corrected chi connectivity index (χ0v) is 19.2. The first-order chi connectivity index (χ1) is 14.4. The van der Waals surface area contributed by atoms with Crippen LogP contribution in [0.15, 0.2) is 24.3 Å². The van der Waals surface area contributed by atoms with Gasteiger partial charge in [-0.2, -0.15) is 0 Å². The maximum Gasteiger partial charge on any atom is 0.281 e. The van der Waals surface area contributed by atoms with Gasteiger partial charge in [-0.15, -0.1) is 0 Å². The first-order valence-electron chi connectivity index (χ1n) is 11.8. The van der Waals surface area contributed by atoms with Gasteiger partial charge in [0.1, 0.15) is 26.2 Å². The quantitative estimate of drug-likeness (QED) is 0.618. The van der Waals surface area contributed by atoms with E-state index in [1.54, 1.807) is 0 Å². The van der Waals surface area contributed by atoms with Crippen LogP contribution in [0.3, 0.4) is 0 Å². The van der Waals surface area contributed by atoms with Crippen LogP contribution in [0, 0.1) is 0 Å². The highest BCUT2D eigenvalue weighted by molar-refractivity contribution is 5.92. The van der Waals surface area contributed by atoms with Crippen molar-refractivity contribution in [1.82, 2.24) is 4.90 Å². The highest BCUT2D eigenvalue weighted by Crippen LogP contribution is 2.22. The Hall–Kier alpha value is -1.92. The number of piperidine rings is 1. The van der Waals surface area contributed by atoms with Crippen LogP contribution in [-0.4, -0.2) is 67.6 Å². The molecule has 0 spiro atoms. The van der Waals surface area contributed by atoms with Crippen LogP contribution in [0.5, 0.6) is 0 Å². The van der Waals surface area contributed by atoms with E-state index in [4.69, 9.17) is 0 Å². The maximum absolute atomic E-state index is 13.2. The van der Waals surface area contributed by atoms with Crippen molar-refractivity contribution in [2.45, 2.75) is 71.5 Å². The standard InChI is InChI=1S/C24H38N4O2/c1-5-21-11-6-7-12-22(21)25-23(29)17-26-13-15-27(16-14-26)20(4)24(30)28-18(2)9-8-10-19(28)3/h6-7,11-12,18-20H,5,8-10,13-17H2,1-4H3,(H,25,29)/p+2/t18-,19+,20-/m0/s1. The van der Waals surface area contributed by atoms with E-state index in [0.29, 0.717) is 24.5 Å². The minimum absolute atomic E-state index is 0.000178. The predicted molar refractivity (Wildman–Crippen MR) is 120 cm³/mol. The van der Waals surface area contributed by atoms with Gasteiger partial charge in [0.15, 0.2) is 12.6 Å². The summed E-state index contributed by atoms with van der Waals surface area (Å²) in [5, 5.41) is 3.09. The third-order valence-corrected chi connectivity index (χ3v) is 7.11. The lowest BCUT2D eigenvalue weighted by Crippen LogP contribution is -3.30. The topological polar surface area (TPSA) is 58.3 Å². The second-order valence-electron chi connectivity index (χ2n) is 9.24. The second kappa shape index (κ2) is 10.4. The number of likely N-dealkylation sites (tertiary alicyclic amines) is 1. The number of aryl methyl sites for hydroxylation is 1. The summed E-state index contributed by atoms with van der Waals surface area (Å²) in [7, 11) is 0. The van der Waals surface area contributed by atoms with Crippen LogP contribution >= 0.6 is 0 Å². The monoisotopic (exact) mass is 416 g/mol. The van der Waals surface area contributed by atoms with Crippen molar-refractivity contribution in [1.29, 1.82) is 0 Å². The van der Waals surface area contributed by atoms with Crippen molar-refractivity contribution in [3.63, 3.8) is 0 Å². The van der Waals surface area contributed by atoms with Crippen molar-refractivity contribution >= 4 is 17.5 Å². The number of hydrogen-bond acceptors (Lipinski definition) is 2. The number of carbonyl (C=O) groups is 2. The largest absolute Gasteiger partial charge is 0.332 e. The average Bonchev–Trinajstić information content (AvgIpc) is 2.74. The number of carbonyl (C=O) groups excluding carboxylic acids is 2. The number of para-hydroxylation sites is 1. The lowest BCUT2D eigenvalue weighted by Gasteiger charge is -2.42. The number of rotatable bonds is 6. The molecule has 0 bridgehead atoms. The number of amides is 2. The summed E-state index contributed by atoms with van der Waals surface area (Å²) in [6.45, 7) is 12.8. The Labute approximate surface area is 181 Å². The first-order valence-corrected chi connectivity index (χ1v) is 11.8. The molecular weight excluding hydrogens is 376 g/mol. The number of hydrogen-bond donors (Lipinski definition) is 3. The summed E-state index contributed by atoms with van der Waals surface area (Å²) in [4.78, 5) is 30.5. The molecule has 2 aliphatic heterocycles. The number of quaternary nitrogens is 2. The van der Waals surface area contributed by atoms with Crippen molar-refractivity contribution in [3.8, 4) is 0 Å². The molecule has 2 fully saturated rings. The molecule has 0 radical (unpaired) electrons. The van der Waals surface area contributed by atoms with E-state index in [1.165, 1.54) is 21.8 Å². The van der Waals surface area contributed by atoms with Gasteiger partial charge in [0, 0.05) is 17.8 Å². The van der Waals surface area contributed by atoms with Gasteiger partial charge in [-0.1, -0.05) is 25.1 Å². The molecule has 2 heterocycles. The number of nitrogens with zero attached hydrogens (tertiary/aromatic N) is 1. The smallest absolute Gasteiger partial charge is 0.281 e. The van der Waals surface area contributed by atoms with Crippen molar-refractivity contribution in [3.05, 3.63) is 29.8 Å². The molecule has 0 aliphatic carbocycles. The number of piperazine rings is 1. The Morgan fingerprint density at radius 3 is 2.37 bits per heavy atom. The Morgan fingerprint density at radius 2 is 1.73 bits per heavy atom. The predicted octanol–water partition coefficient (Wildman–Crippen LogP) is 0.149. The summed E-state index contributed by atoms with van der Waals surface area (Å²) in [5.74, 6) is 0.386. The SMILES string of the molecule is CCc1ccccc1NC(=O)C[NH+]1CC[NH+]([C@@H](C)C(=O)N2[C@H](C)CCC[C@@H]2C)CC1. The van der Waals surface area contributed by atoms with Gasteiger partial charge in [-0.3, -0.25) is 9.59 Å². The van der Waals surface area contributed by atoms with Gasteiger partial charge in [-0.05, 0) is 58.1 Å². The summed E-state index contributed by atoms with van der Waals surface area (Å²) in [6.07, 6.45) is 4.37. The summed E-state index contributed by atoms with van der Waals surface area (Å²) < 4.78 is 0. The van der Waals surface area contributed by atoms with E-state index in [1.807, 2.05) is 18.2 Å². The molecule has 3 N–H and O–H groups in total. The van der Waals surface area contributed by atoms with E-state index < -0.39 is 0 Å². The third-order valence-electron chi connectivity index (χ3n) is 7.11. The summed E-state index contributed by atoms with van der Waals surface area (Å²) in [5.41, 5.74) is 2.10. The number of nitrogens with one attached hydrogen (secondary N) is 3. The fraction of sp³-hybridized carbons (Fsp3) is 0.667. The minimum Gasteiger partial charge on any atom is -0.332 e. The molecule has 0 unspecified atom stereocenters. The molecule has 3 rings (SSSR count). The highest BCUT2D eigenvalue weighted by Gasteiger charge is 2.38. The molecule has 0 saturated carbocycles. The van der Waals surface area contributed by atoms with Gasteiger partial charge in [0.2, 0.25) is 0 Å². The Balaban J connectivity index is 1.48. The van der Waals surface area contributed by atoms with Crippen molar-refractivity contribution in [2.75, 3.05) is 38.0 Å². The average molecular weight is 417 g/mol. The van der Waals surface area contributed by atoms with Gasteiger partial charge in [-0.25, -0.2) is 0 Å². The molecule has 3 atom stereocenters. The molecule has 6 heteroatoms. The maximum atomic E-state index is 13.2. The molecular formula is C24H40N4O2+2. The van der Waals surface area contributed by atoms with Crippen LogP contribution in [0.1, 0.15) is 52.5 Å². The molecule has 166 valence electrons. The van der Waals surface area contributed by atoms with Crippen LogP contribution in [-0.2, 0) is 16.0 Å². The van der Waals surface area contributed by atoms with E-state index >= 15 is 0 Å². The van der Waals surface area contributed by atoms with Gasteiger partial charge in [0.05, 0.1) is 0 Å². The van der Waals surface area contributed by atoms with E-state index in [9.17, 15) is 9.59 Å². The second-order valence-corrected chi connectivity index (χ2v) is 9.24. The van der Waals surface area contributed by atoms with Crippen molar-refractivity contribution < 1.29 is 19.4 Å². The fourth-order valence-corrected chi connectivity index (χ4v) is 5.16. The van der Waals surface area contributed by atoms with Crippen LogP contribution in [0.2, 0.25) is 0 Å². The molecule has 6 nitrogen and oxygen atoms in total. The molecule has 30 heavy (non-hydrogen) atoms. The van der Waals surface area contributed by atoms with Crippen LogP contribution in [0.4, 0.5) is 5.69 Å². The van der Waals surface area contributed by atoms with E-state index in [0.717, 1.165) is 51.1 Å². The number of benzene rings is 1.